The van der Waals surface area contributed by atoms with E-state index in [0.29, 0.717) is 11.8 Å². The van der Waals surface area contributed by atoms with Crippen molar-refractivity contribution < 1.29 is 0 Å². The zero-order valence-corrected chi connectivity index (χ0v) is 17.8. The van der Waals surface area contributed by atoms with E-state index in [-0.39, 0.29) is 0 Å². The molecule has 0 heterocycles. The Bertz CT molecular complexity index is 684. The van der Waals surface area contributed by atoms with Gasteiger partial charge in [-0.1, -0.05) is 63.3 Å². The molecule has 146 valence electrons. The molecule has 2 aliphatic carbocycles. The van der Waals surface area contributed by atoms with Crippen molar-refractivity contribution in [3.05, 3.63) is 59.2 Å². The highest BCUT2D eigenvalue weighted by molar-refractivity contribution is 5.36. The first-order valence-corrected chi connectivity index (χ1v) is 10.9. The molecular weight excluding hydrogens is 324 g/mol. The van der Waals surface area contributed by atoms with E-state index in [1.54, 1.807) is 11.1 Å². The van der Waals surface area contributed by atoms with Gasteiger partial charge in [-0.3, -0.25) is 0 Å². The van der Waals surface area contributed by atoms with Crippen molar-refractivity contribution >= 4 is 0 Å². The molecule has 0 amide bonds. The standard InChI is InChI=1S/C23H32.C4H6/c1-5-16(2)23(22-11-9-17(3)18(4)13-22)15-19-10-12-20-7-6-8-21(20)14-19;1-3-4-2/h10,12,14,17,22-23H,2,4-9,11,13,15H2,1,3H3;1H,4H2,2H3. The van der Waals surface area contributed by atoms with Crippen molar-refractivity contribution in [1.82, 2.24) is 0 Å². The van der Waals surface area contributed by atoms with Crippen LogP contribution in [0.15, 0.2) is 42.5 Å². The Balaban J connectivity index is 0.000000596. The molecule has 1 aromatic rings. The monoisotopic (exact) mass is 362 g/mol. The summed E-state index contributed by atoms with van der Waals surface area (Å²) in [6.45, 7) is 15.3. The third-order valence-corrected chi connectivity index (χ3v) is 6.56. The molecule has 0 aromatic heterocycles. The van der Waals surface area contributed by atoms with Crippen LogP contribution in [0.2, 0.25) is 0 Å². The number of aryl methyl sites for hydroxylation is 2. The maximum absolute atomic E-state index is 4.78. The van der Waals surface area contributed by atoms with Crippen LogP contribution in [0, 0.1) is 30.1 Å². The minimum atomic E-state index is 0.628. The summed E-state index contributed by atoms with van der Waals surface area (Å²) < 4.78 is 0. The largest absolute Gasteiger partial charge is 0.120 e. The van der Waals surface area contributed by atoms with Crippen LogP contribution in [-0.2, 0) is 19.3 Å². The summed E-state index contributed by atoms with van der Waals surface area (Å²) in [6, 6.07) is 7.24. The predicted molar refractivity (Wildman–Crippen MR) is 120 cm³/mol. The van der Waals surface area contributed by atoms with Crippen molar-refractivity contribution in [2.75, 3.05) is 0 Å². The van der Waals surface area contributed by atoms with E-state index >= 15 is 0 Å². The SMILES string of the molecule is C#CCC.C=C1CC(C(Cc2ccc3c(c2)CCC3)C(=C)CC)CCC1C. The summed E-state index contributed by atoms with van der Waals surface area (Å²) in [5.41, 5.74) is 7.61. The normalized spacial score (nSPS) is 22.2. The lowest BCUT2D eigenvalue weighted by Gasteiger charge is -2.35. The Morgan fingerprint density at radius 3 is 2.56 bits per heavy atom. The Labute approximate surface area is 168 Å². The fraction of sp³-hybridized carbons (Fsp3) is 0.556. The summed E-state index contributed by atoms with van der Waals surface area (Å²) in [5, 5.41) is 0. The van der Waals surface area contributed by atoms with Gasteiger partial charge in [0.1, 0.15) is 0 Å². The Morgan fingerprint density at radius 2 is 1.93 bits per heavy atom. The second-order valence-electron chi connectivity index (χ2n) is 8.44. The average Bonchev–Trinajstić information content (AvgIpc) is 3.15. The van der Waals surface area contributed by atoms with Crippen LogP contribution in [-0.4, -0.2) is 0 Å². The molecule has 3 atom stereocenters. The van der Waals surface area contributed by atoms with Crippen LogP contribution in [0.1, 0.15) is 76.0 Å². The van der Waals surface area contributed by atoms with Gasteiger partial charge in [-0.05, 0) is 85.8 Å². The van der Waals surface area contributed by atoms with Gasteiger partial charge in [0.2, 0.25) is 0 Å². The van der Waals surface area contributed by atoms with Gasteiger partial charge in [0, 0.05) is 6.42 Å². The van der Waals surface area contributed by atoms with Crippen LogP contribution in [0.4, 0.5) is 0 Å². The van der Waals surface area contributed by atoms with Gasteiger partial charge in [0.05, 0.1) is 0 Å². The molecule has 3 rings (SSSR count). The minimum absolute atomic E-state index is 0.628. The lowest BCUT2D eigenvalue weighted by atomic mass is 9.70. The van der Waals surface area contributed by atoms with E-state index in [9.17, 15) is 0 Å². The highest BCUT2D eigenvalue weighted by atomic mass is 14.3. The van der Waals surface area contributed by atoms with Gasteiger partial charge in [-0.15, -0.1) is 12.3 Å². The zero-order chi connectivity index (χ0) is 19.8. The first-order chi connectivity index (χ1) is 13.0. The summed E-state index contributed by atoms with van der Waals surface area (Å²) in [6.07, 6.45) is 15.7. The number of allylic oxidation sites excluding steroid dienone is 2. The second kappa shape index (κ2) is 10.6. The number of benzene rings is 1. The molecule has 0 saturated heterocycles. The average molecular weight is 363 g/mol. The quantitative estimate of drug-likeness (QED) is 0.380. The summed E-state index contributed by atoms with van der Waals surface area (Å²) in [7, 11) is 0. The maximum atomic E-state index is 4.78. The molecular formula is C27H38. The fourth-order valence-electron chi connectivity index (χ4n) is 4.56. The van der Waals surface area contributed by atoms with Gasteiger partial charge in [0.15, 0.2) is 0 Å². The predicted octanol–water partition coefficient (Wildman–Crippen LogP) is 7.32. The third kappa shape index (κ3) is 5.87. The van der Waals surface area contributed by atoms with Crippen LogP contribution in [0.5, 0.6) is 0 Å². The van der Waals surface area contributed by atoms with E-state index in [2.05, 4.69) is 51.1 Å². The highest BCUT2D eigenvalue weighted by Crippen LogP contribution is 2.40. The molecule has 0 spiro atoms. The van der Waals surface area contributed by atoms with Crippen LogP contribution in [0.3, 0.4) is 0 Å². The molecule has 1 fully saturated rings. The number of fused-ring (bicyclic) bond motifs is 1. The van der Waals surface area contributed by atoms with Crippen LogP contribution in [0.25, 0.3) is 0 Å². The molecule has 1 saturated carbocycles. The zero-order valence-electron chi connectivity index (χ0n) is 17.8. The van der Waals surface area contributed by atoms with Gasteiger partial charge in [-0.25, -0.2) is 0 Å². The van der Waals surface area contributed by atoms with Crippen molar-refractivity contribution in [2.24, 2.45) is 17.8 Å². The van der Waals surface area contributed by atoms with Crippen molar-refractivity contribution in [3.63, 3.8) is 0 Å². The first-order valence-electron chi connectivity index (χ1n) is 10.9. The number of terminal acetylenes is 1. The lowest BCUT2D eigenvalue weighted by Crippen LogP contribution is -2.25. The Morgan fingerprint density at radius 1 is 1.22 bits per heavy atom. The van der Waals surface area contributed by atoms with Crippen molar-refractivity contribution in [1.29, 1.82) is 0 Å². The van der Waals surface area contributed by atoms with E-state index in [1.807, 2.05) is 6.92 Å². The highest BCUT2D eigenvalue weighted by Gasteiger charge is 2.29. The topological polar surface area (TPSA) is 0 Å². The number of hydrogen-bond acceptors (Lipinski definition) is 0. The van der Waals surface area contributed by atoms with Crippen molar-refractivity contribution in [2.45, 2.75) is 78.6 Å². The first kappa shape index (κ1) is 21.6. The van der Waals surface area contributed by atoms with E-state index in [4.69, 9.17) is 6.42 Å². The van der Waals surface area contributed by atoms with Crippen LogP contribution < -0.4 is 0 Å². The van der Waals surface area contributed by atoms with E-state index in [0.717, 1.165) is 18.8 Å². The lowest BCUT2D eigenvalue weighted by molar-refractivity contribution is 0.281. The third-order valence-electron chi connectivity index (χ3n) is 6.56. The maximum Gasteiger partial charge on any atom is 0.00576 e. The van der Waals surface area contributed by atoms with Gasteiger partial charge in [-0.2, -0.15) is 0 Å². The van der Waals surface area contributed by atoms with E-state index < -0.39 is 0 Å². The molecule has 0 N–H and O–H groups in total. The molecule has 0 radical (unpaired) electrons. The van der Waals surface area contributed by atoms with Crippen molar-refractivity contribution in [3.8, 4) is 12.3 Å². The fourth-order valence-corrected chi connectivity index (χ4v) is 4.56. The molecule has 0 bridgehead atoms. The Kier molecular flexibility index (Phi) is 8.43. The second-order valence-corrected chi connectivity index (χ2v) is 8.44. The van der Waals surface area contributed by atoms with Gasteiger partial charge in [0.25, 0.3) is 0 Å². The van der Waals surface area contributed by atoms with Gasteiger partial charge < -0.3 is 0 Å². The molecule has 0 heteroatoms. The smallest absolute Gasteiger partial charge is 0.00576 e. The summed E-state index contributed by atoms with van der Waals surface area (Å²) in [5.74, 6) is 4.52. The molecule has 0 aliphatic heterocycles. The number of rotatable bonds is 5. The molecule has 1 aromatic carbocycles. The summed E-state index contributed by atoms with van der Waals surface area (Å²) >= 11 is 0. The molecule has 0 nitrogen and oxygen atoms in total. The van der Waals surface area contributed by atoms with E-state index in [1.165, 1.54) is 61.7 Å². The molecule has 27 heavy (non-hydrogen) atoms. The Hall–Kier alpha value is -1.74. The van der Waals surface area contributed by atoms with Gasteiger partial charge >= 0.3 is 0 Å². The summed E-state index contributed by atoms with van der Waals surface area (Å²) in [4.78, 5) is 0. The minimum Gasteiger partial charge on any atom is -0.120 e. The molecule has 2 aliphatic rings. The number of hydrogen-bond donors (Lipinski definition) is 0. The van der Waals surface area contributed by atoms with Crippen LogP contribution >= 0.6 is 0 Å². The molecule has 3 unspecified atom stereocenters.